The minimum absolute atomic E-state index is 0.00669. The number of sulfonamides is 1. The summed E-state index contributed by atoms with van der Waals surface area (Å²) in [5.41, 5.74) is 2.11. The van der Waals surface area contributed by atoms with Gasteiger partial charge < -0.3 is 10.1 Å². The number of para-hydroxylation sites is 1. The minimum Gasteiger partial charge on any atom is -0.493 e. The van der Waals surface area contributed by atoms with Gasteiger partial charge in [0.05, 0.1) is 18.0 Å². The molecule has 30 heavy (non-hydrogen) atoms. The van der Waals surface area contributed by atoms with Crippen LogP contribution in [0.5, 0.6) is 5.75 Å². The first kappa shape index (κ1) is 22.3. The summed E-state index contributed by atoms with van der Waals surface area (Å²) in [6.07, 6.45) is 2.21. The van der Waals surface area contributed by atoms with Gasteiger partial charge in [-0.25, -0.2) is 8.42 Å². The highest BCUT2D eigenvalue weighted by molar-refractivity contribution is 7.89. The number of amides is 1. The van der Waals surface area contributed by atoms with Gasteiger partial charge in [-0.15, -0.1) is 0 Å². The zero-order valence-corrected chi connectivity index (χ0v) is 18.6. The summed E-state index contributed by atoms with van der Waals surface area (Å²) in [6, 6.07) is 7.79. The summed E-state index contributed by atoms with van der Waals surface area (Å²) >= 11 is 0. The molecule has 0 unspecified atom stereocenters. The molecule has 1 aliphatic heterocycles. The van der Waals surface area contributed by atoms with Crippen LogP contribution in [0, 0.1) is 20.8 Å². The van der Waals surface area contributed by atoms with Crippen molar-refractivity contribution in [2.45, 2.75) is 57.4 Å². The molecule has 1 aromatic heterocycles. The number of piperidine rings is 1. The molecule has 8 nitrogen and oxygen atoms in total. The van der Waals surface area contributed by atoms with Crippen LogP contribution in [0.25, 0.3) is 0 Å². The van der Waals surface area contributed by atoms with Gasteiger partial charge >= 0.3 is 0 Å². The number of aromatic nitrogens is 2. The number of nitrogens with zero attached hydrogens (tertiary/aromatic N) is 2. The number of ether oxygens (including phenoxy) is 1. The third-order valence-corrected chi connectivity index (χ3v) is 7.54. The number of carbonyl (C=O) groups is 1. The van der Waals surface area contributed by atoms with E-state index in [0.29, 0.717) is 56.8 Å². The number of H-pyrrole nitrogens is 1. The first-order valence-corrected chi connectivity index (χ1v) is 11.7. The van der Waals surface area contributed by atoms with E-state index < -0.39 is 10.0 Å². The molecular weight excluding hydrogens is 404 g/mol. The molecule has 1 aliphatic rings. The molecule has 0 saturated carbocycles. The number of carbonyl (C=O) groups excluding carboxylic acids is 1. The van der Waals surface area contributed by atoms with Crippen molar-refractivity contribution >= 4 is 15.9 Å². The van der Waals surface area contributed by atoms with E-state index in [1.807, 2.05) is 31.2 Å². The Bertz CT molecular complexity index is 959. The topological polar surface area (TPSA) is 104 Å². The third kappa shape index (κ3) is 5.20. The van der Waals surface area contributed by atoms with Crippen LogP contribution in [0.1, 0.15) is 42.6 Å². The molecule has 1 saturated heterocycles. The third-order valence-electron chi connectivity index (χ3n) is 5.38. The van der Waals surface area contributed by atoms with E-state index in [-0.39, 0.29) is 16.8 Å². The maximum atomic E-state index is 12.9. The van der Waals surface area contributed by atoms with Crippen molar-refractivity contribution in [3.63, 3.8) is 0 Å². The van der Waals surface area contributed by atoms with Crippen LogP contribution in [-0.4, -0.2) is 54.6 Å². The average molecular weight is 435 g/mol. The smallest absolute Gasteiger partial charge is 0.246 e. The highest BCUT2D eigenvalue weighted by Crippen LogP contribution is 2.24. The highest BCUT2D eigenvalue weighted by atomic mass is 32.2. The lowest BCUT2D eigenvalue weighted by Gasteiger charge is -2.31. The second kappa shape index (κ2) is 9.61. The first-order chi connectivity index (χ1) is 14.3. The molecule has 164 valence electrons. The van der Waals surface area contributed by atoms with E-state index in [1.165, 1.54) is 4.31 Å². The quantitative estimate of drug-likeness (QED) is 0.621. The summed E-state index contributed by atoms with van der Waals surface area (Å²) in [6.45, 7) is 6.64. The monoisotopic (exact) mass is 434 g/mol. The van der Waals surface area contributed by atoms with Gasteiger partial charge in [0, 0.05) is 25.6 Å². The Balaban J connectivity index is 1.41. The largest absolute Gasteiger partial charge is 0.493 e. The van der Waals surface area contributed by atoms with Gasteiger partial charge in [0.15, 0.2) is 0 Å². The minimum atomic E-state index is -3.57. The lowest BCUT2D eigenvalue weighted by Crippen LogP contribution is -2.46. The van der Waals surface area contributed by atoms with Crippen LogP contribution in [0.2, 0.25) is 0 Å². The molecular formula is C21H30N4O4S. The molecule has 0 radical (unpaired) electrons. The average Bonchev–Trinajstić information content (AvgIpc) is 3.06. The van der Waals surface area contributed by atoms with Crippen molar-refractivity contribution in [1.82, 2.24) is 19.8 Å². The zero-order valence-electron chi connectivity index (χ0n) is 17.8. The van der Waals surface area contributed by atoms with Crippen LogP contribution >= 0.6 is 0 Å². The number of nitrogens with one attached hydrogen (secondary N) is 2. The Morgan fingerprint density at radius 1 is 1.23 bits per heavy atom. The van der Waals surface area contributed by atoms with Gasteiger partial charge in [0.25, 0.3) is 0 Å². The van der Waals surface area contributed by atoms with Crippen molar-refractivity contribution < 1.29 is 17.9 Å². The van der Waals surface area contributed by atoms with E-state index in [9.17, 15) is 13.2 Å². The molecule has 2 heterocycles. The maximum Gasteiger partial charge on any atom is 0.246 e. The Morgan fingerprint density at radius 3 is 2.57 bits per heavy atom. The van der Waals surface area contributed by atoms with Crippen LogP contribution < -0.4 is 10.1 Å². The SMILES string of the molecule is Cc1ccccc1OCCCC(=O)NC1CCN(S(=O)(=O)c2c(C)n[nH]c2C)CC1. The first-order valence-electron chi connectivity index (χ1n) is 10.3. The number of aryl methyl sites for hydroxylation is 3. The number of hydrogen-bond acceptors (Lipinski definition) is 5. The summed E-state index contributed by atoms with van der Waals surface area (Å²) in [5, 5.41) is 9.75. The lowest BCUT2D eigenvalue weighted by molar-refractivity contribution is -0.122. The Morgan fingerprint density at radius 2 is 1.93 bits per heavy atom. The highest BCUT2D eigenvalue weighted by Gasteiger charge is 2.33. The number of hydrogen-bond donors (Lipinski definition) is 2. The fraction of sp³-hybridized carbons (Fsp3) is 0.524. The van der Waals surface area contributed by atoms with Crippen LogP contribution in [0.4, 0.5) is 0 Å². The van der Waals surface area contributed by atoms with Gasteiger partial charge in [-0.1, -0.05) is 18.2 Å². The summed E-state index contributed by atoms with van der Waals surface area (Å²) in [5.74, 6) is 0.820. The molecule has 1 amide bonds. The molecule has 1 aromatic carbocycles. The van der Waals surface area contributed by atoms with Crippen molar-refractivity contribution in [3.05, 3.63) is 41.2 Å². The Hall–Kier alpha value is -2.39. The summed E-state index contributed by atoms with van der Waals surface area (Å²) in [7, 11) is -3.57. The maximum absolute atomic E-state index is 12.9. The molecule has 3 rings (SSSR count). The molecule has 0 bridgehead atoms. The van der Waals surface area contributed by atoms with Crippen molar-refractivity contribution in [2.24, 2.45) is 0 Å². The lowest BCUT2D eigenvalue weighted by atomic mass is 10.1. The van der Waals surface area contributed by atoms with Gasteiger partial charge in [0.2, 0.25) is 15.9 Å². The van der Waals surface area contributed by atoms with Gasteiger partial charge in [-0.3, -0.25) is 9.89 Å². The van der Waals surface area contributed by atoms with Crippen molar-refractivity contribution in [2.75, 3.05) is 19.7 Å². The van der Waals surface area contributed by atoms with Crippen LogP contribution in [0.3, 0.4) is 0 Å². The second-order valence-corrected chi connectivity index (χ2v) is 9.60. The molecule has 2 aromatic rings. The van der Waals surface area contributed by atoms with E-state index in [4.69, 9.17) is 4.74 Å². The Labute approximate surface area is 178 Å². The number of aromatic amines is 1. The van der Waals surface area contributed by atoms with Gasteiger partial charge in [-0.2, -0.15) is 9.40 Å². The van der Waals surface area contributed by atoms with Crippen LogP contribution in [0.15, 0.2) is 29.2 Å². The molecule has 2 N–H and O–H groups in total. The normalized spacial score (nSPS) is 15.8. The summed E-state index contributed by atoms with van der Waals surface area (Å²) < 4.78 is 33.0. The molecule has 9 heteroatoms. The van der Waals surface area contributed by atoms with Crippen molar-refractivity contribution in [3.8, 4) is 5.75 Å². The second-order valence-electron chi connectivity index (χ2n) is 7.73. The Kier molecular flexibility index (Phi) is 7.14. The molecule has 0 spiro atoms. The fourth-order valence-corrected chi connectivity index (χ4v) is 5.52. The summed E-state index contributed by atoms with van der Waals surface area (Å²) in [4.78, 5) is 12.5. The van der Waals surface area contributed by atoms with E-state index in [1.54, 1.807) is 13.8 Å². The predicted octanol–water partition coefficient (Wildman–Crippen LogP) is 2.46. The molecule has 1 fully saturated rings. The fourth-order valence-electron chi connectivity index (χ4n) is 3.72. The predicted molar refractivity (Wildman–Crippen MR) is 114 cm³/mol. The standard InChI is InChI=1S/C21H30N4O4S/c1-15-7-4-5-8-19(15)29-14-6-9-20(26)22-18-10-12-25(13-11-18)30(27,28)21-16(2)23-24-17(21)3/h4-5,7-8,18H,6,9-14H2,1-3H3,(H,22,26)(H,23,24). The number of benzene rings is 1. The van der Waals surface area contributed by atoms with E-state index >= 15 is 0 Å². The van der Waals surface area contributed by atoms with Gasteiger partial charge in [0.1, 0.15) is 10.6 Å². The zero-order chi connectivity index (χ0) is 21.7. The number of rotatable bonds is 8. The van der Waals surface area contributed by atoms with Gasteiger partial charge in [-0.05, 0) is 51.7 Å². The van der Waals surface area contributed by atoms with E-state index in [0.717, 1.165) is 11.3 Å². The van der Waals surface area contributed by atoms with Crippen molar-refractivity contribution in [1.29, 1.82) is 0 Å². The molecule has 0 aliphatic carbocycles. The van der Waals surface area contributed by atoms with Crippen LogP contribution in [-0.2, 0) is 14.8 Å². The van der Waals surface area contributed by atoms with E-state index in [2.05, 4.69) is 15.5 Å². The molecule has 0 atom stereocenters.